The molecule has 3 rings (SSSR count). The second kappa shape index (κ2) is 8.81. The minimum absolute atomic E-state index is 0.00994. The Labute approximate surface area is 153 Å². The van der Waals surface area contributed by atoms with Crippen molar-refractivity contribution in [2.24, 2.45) is 0 Å². The van der Waals surface area contributed by atoms with Gasteiger partial charge in [-0.3, -0.25) is 9.69 Å². The molecule has 0 spiro atoms. The Morgan fingerprint density at radius 1 is 1.28 bits per heavy atom. The molecule has 1 fully saturated rings. The standard InChI is InChI=1S/C20H24N2O2S/c1-2-24-18-11-8-16(9-12-18)10-13-19(23)22(20-21-14-15-25-20)17-6-4-3-5-7-17/h8-15,17H,2-7H2,1H3/b13-10+. The fourth-order valence-electron chi connectivity index (χ4n) is 3.19. The number of ether oxygens (including phenoxy) is 1. The zero-order chi connectivity index (χ0) is 17.5. The molecule has 4 nitrogen and oxygen atoms in total. The fraction of sp³-hybridized carbons (Fsp3) is 0.400. The highest BCUT2D eigenvalue weighted by molar-refractivity contribution is 7.13. The molecule has 0 N–H and O–H groups in total. The molecule has 1 aliphatic rings. The van der Waals surface area contributed by atoms with Crippen molar-refractivity contribution < 1.29 is 9.53 Å². The van der Waals surface area contributed by atoms with E-state index in [2.05, 4.69) is 4.98 Å². The van der Waals surface area contributed by atoms with Crippen LogP contribution in [-0.2, 0) is 4.79 Å². The van der Waals surface area contributed by atoms with E-state index < -0.39 is 0 Å². The van der Waals surface area contributed by atoms with Gasteiger partial charge < -0.3 is 4.74 Å². The summed E-state index contributed by atoms with van der Waals surface area (Å²) in [6, 6.07) is 8.03. The molecule has 2 aromatic rings. The second-order valence-corrected chi connectivity index (χ2v) is 7.02. The van der Waals surface area contributed by atoms with Crippen LogP contribution in [-0.4, -0.2) is 23.5 Å². The first-order valence-corrected chi connectivity index (χ1v) is 9.79. The molecule has 1 amide bonds. The summed E-state index contributed by atoms with van der Waals surface area (Å²) >= 11 is 1.53. The van der Waals surface area contributed by atoms with Crippen LogP contribution in [0, 0.1) is 0 Å². The Balaban J connectivity index is 1.73. The number of rotatable bonds is 6. The van der Waals surface area contributed by atoms with Crippen LogP contribution in [0.5, 0.6) is 5.75 Å². The van der Waals surface area contributed by atoms with Gasteiger partial charge in [0.25, 0.3) is 5.91 Å². The summed E-state index contributed by atoms with van der Waals surface area (Å²) in [6.07, 6.45) is 11.0. The zero-order valence-corrected chi connectivity index (χ0v) is 15.4. The number of anilines is 1. The minimum Gasteiger partial charge on any atom is -0.494 e. The van der Waals surface area contributed by atoms with Gasteiger partial charge in [-0.25, -0.2) is 4.98 Å². The summed E-state index contributed by atoms with van der Waals surface area (Å²) in [7, 11) is 0. The number of benzene rings is 1. The van der Waals surface area contributed by atoms with Gasteiger partial charge in [0.05, 0.1) is 6.61 Å². The van der Waals surface area contributed by atoms with E-state index in [1.54, 1.807) is 12.3 Å². The van der Waals surface area contributed by atoms with Crippen molar-refractivity contribution in [1.82, 2.24) is 4.98 Å². The fourth-order valence-corrected chi connectivity index (χ4v) is 3.91. The molecule has 0 saturated heterocycles. The predicted molar refractivity (Wildman–Crippen MR) is 103 cm³/mol. The molecule has 1 aliphatic carbocycles. The lowest BCUT2D eigenvalue weighted by Gasteiger charge is -2.31. The van der Waals surface area contributed by atoms with E-state index in [1.807, 2.05) is 47.5 Å². The van der Waals surface area contributed by atoms with Crippen LogP contribution in [0.25, 0.3) is 6.08 Å². The molecule has 0 radical (unpaired) electrons. The molecule has 0 bridgehead atoms. The van der Waals surface area contributed by atoms with E-state index in [1.165, 1.54) is 30.6 Å². The first-order valence-electron chi connectivity index (χ1n) is 8.91. The Morgan fingerprint density at radius 3 is 2.68 bits per heavy atom. The van der Waals surface area contributed by atoms with Crippen LogP contribution < -0.4 is 9.64 Å². The number of aromatic nitrogens is 1. The average Bonchev–Trinajstić information content (AvgIpc) is 3.17. The number of nitrogens with zero attached hydrogens (tertiary/aromatic N) is 2. The van der Waals surface area contributed by atoms with Gasteiger partial charge >= 0.3 is 0 Å². The molecule has 0 atom stereocenters. The SMILES string of the molecule is CCOc1ccc(/C=C/C(=O)N(c2nccs2)C2CCCCC2)cc1. The van der Waals surface area contributed by atoms with Crippen molar-refractivity contribution in [2.45, 2.75) is 45.1 Å². The van der Waals surface area contributed by atoms with Crippen molar-refractivity contribution in [3.8, 4) is 5.75 Å². The van der Waals surface area contributed by atoms with Gasteiger partial charge in [0.1, 0.15) is 5.75 Å². The van der Waals surface area contributed by atoms with Crippen molar-refractivity contribution in [3.63, 3.8) is 0 Å². The minimum atomic E-state index is 0.00994. The Hall–Kier alpha value is -2.14. The van der Waals surface area contributed by atoms with E-state index in [0.29, 0.717) is 6.61 Å². The highest BCUT2D eigenvalue weighted by atomic mass is 32.1. The van der Waals surface area contributed by atoms with Crippen molar-refractivity contribution in [2.75, 3.05) is 11.5 Å². The molecule has 5 heteroatoms. The van der Waals surface area contributed by atoms with E-state index >= 15 is 0 Å². The summed E-state index contributed by atoms with van der Waals surface area (Å²) in [4.78, 5) is 19.1. The molecule has 1 aromatic carbocycles. The predicted octanol–water partition coefficient (Wildman–Crippen LogP) is 4.92. The highest BCUT2D eigenvalue weighted by Gasteiger charge is 2.27. The van der Waals surface area contributed by atoms with Gasteiger partial charge in [-0.15, -0.1) is 11.3 Å². The number of hydrogen-bond donors (Lipinski definition) is 0. The second-order valence-electron chi connectivity index (χ2n) is 6.15. The maximum absolute atomic E-state index is 12.9. The van der Waals surface area contributed by atoms with E-state index in [-0.39, 0.29) is 11.9 Å². The third kappa shape index (κ3) is 4.69. The molecule has 1 heterocycles. The lowest BCUT2D eigenvalue weighted by molar-refractivity contribution is -0.114. The maximum Gasteiger partial charge on any atom is 0.253 e. The summed E-state index contributed by atoms with van der Waals surface area (Å²) in [5, 5.41) is 2.72. The van der Waals surface area contributed by atoms with Gasteiger partial charge in [0, 0.05) is 23.7 Å². The van der Waals surface area contributed by atoms with E-state index in [4.69, 9.17) is 4.74 Å². The first-order chi connectivity index (χ1) is 12.3. The summed E-state index contributed by atoms with van der Waals surface area (Å²) in [6.45, 7) is 2.61. The smallest absolute Gasteiger partial charge is 0.253 e. The monoisotopic (exact) mass is 356 g/mol. The molecule has 1 saturated carbocycles. The molecular weight excluding hydrogens is 332 g/mol. The molecule has 0 unspecified atom stereocenters. The topological polar surface area (TPSA) is 42.4 Å². The van der Waals surface area contributed by atoms with Crippen LogP contribution in [0.15, 0.2) is 41.9 Å². The van der Waals surface area contributed by atoms with E-state index in [9.17, 15) is 4.79 Å². The summed E-state index contributed by atoms with van der Waals surface area (Å²) in [5.41, 5.74) is 0.986. The summed E-state index contributed by atoms with van der Waals surface area (Å²) in [5.74, 6) is 0.855. The number of amides is 1. The van der Waals surface area contributed by atoms with Crippen LogP contribution in [0.2, 0.25) is 0 Å². The number of hydrogen-bond acceptors (Lipinski definition) is 4. The van der Waals surface area contributed by atoms with Crippen molar-refractivity contribution >= 4 is 28.5 Å². The molecular formula is C20H24N2O2S. The third-order valence-corrected chi connectivity index (χ3v) is 5.18. The lowest BCUT2D eigenvalue weighted by atomic mass is 9.94. The molecule has 0 aliphatic heterocycles. The molecule has 25 heavy (non-hydrogen) atoms. The maximum atomic E-state index is 12.9. The Kier molecular flexibility index (Phi) is 6.23. The van der Waals surface area contributed by atoms with Gasteiger partial charge in [0.15, 0.2) is 5.13 Å². The van der Waals surface area contributed by atoms with Crippen molar-refractivity contribution in [1.29, 1.82) is 0 Å². The number of carbonyl (C=O) groups is 1. The number of thiazole rings is 1. The molecule has 132 valence electrons. The number of carbonyl (C=O) groups excluding carboxylic acids is 1. The lowest BCUT2D eigenvalue weighted by Crippen LogP contribution is -2.40. The Morgan fingerprint density at radius 2 is 2.04 bits per heavy atom. The average molecular weight is 356 g/mol. The van der Waals surface area contributed by atoms with Crippen molar-refractivity contribution in [3.05, 3.63) is 47.5 Å². The van der Waals surface area contributed by atoms with E-state index in [0.717, 1.165) is 29.3 Å². The van der Waals surface area contributed by atoms with Crippen LogP contribution in [0.1, 0.15) is 44.6 Å². The van der Waals surface area contributed by atoms with Gasteiger partial charge in [-0.2, -0.15) is 0 Å². The van der Waals surface area contributed by atoms with Crippen LogP contribution in [0.4, 0.5) is 5.13 Å². The van der Waals surface area contributed by atoms with Gasteiger partial charge in [0.2, 0.25) is 0 Å². The van der Waals surface area contributed by atoms with Gasteiger partial charge in [-0.1, -0.05) is 31.4 Å². The first kappa shape index (κ1) is 17.7. The Bertz CT molecular complexity index is 689. The highest BCUT2D eigenvalue weighted by Crippen LogP contribution is 2.29. The van der Waals surface area contributed by atoms with Gasteiger partial charge in [-0.05, 0) is 43.5 Å². The summed E-state index contributed by atoms with van der Waals surface area (Å²) < 4.78 is 5.45. The quantitative estimate of drug-likeness (QED) is 0.690. The zero-order valence-electron chi connectivity index (χ0n) is 14.6. The third-order valence-electron chi connectivity index (χ3n) is 4.41. The van der Waals surface area contributed by atoms with Crippen LogP contribution >= 0.6 is 11.3 Å². The molecule has 1 aromatic heterocycles. The largest absolute Gasteiger partial charge is 0.494 e. The normalized spacial score (nSPS) is 15.4. The van der Waals surface area contributed by atoms with Crippen LogP contribution in [0.3, 0.4) is 0 Å².